The molecule has 2 aromatic carbocycles. The summed E-state index contributed by atoms with van der Waals surface area (Å²) in [5.41, 5.74) is 8.82. The second-order valence-corrected chi connectivity index (χ2v) is 9.10. The van der Waals surface area contributed by atoms with Crippen LogP contribution in [-0.2, 0) is 19.4 Å². The van der Waals surface area contributed by atoms with Gasteiger partial charge in [0.25, 0.3) is 0 Å². The Hall–Kier alpha value is -2.78. The normalized spacial score (nSPS) is 17.2. The van der Waals surface area contributed by atoms with E-state index in [4.69, 9.17) is 4.98 Å². The average Bonchev–Trinajstić information content (AvgIpc) is 2.81. The van der Waals surface area contributed by atoms with Gasteiger partial charge in [-0.25, -0.2) is 4.39 Å². The maximum atomic E-state index is 13.6. The lowest BCUT2D eigenvalue weighted by atomic mass is 9.89. The first-order valence-corrected chi connectivity index (χ1v) is 12.0. The summed E-state index contributed by atoms with van der Waals surface area (Å²) in [6.45, 7) is 2.99. The maximum absolute atomic E-state index is 13.6. The van der Waals surface area contributed by atoms with E-state index >= 15 is 0 Å². The minimum Gasteiger partial charge on any atom is -0.295 e. The van der Waals surface area contributed by atoms with Crippen LogP contribution in [-0.4, -0.2) is 23.0 Å². The van der Waals surface area contributed by atoms with Crippen molar-refractivity contribution in [2.45, 2.75) is 51.5 Å². The minimum atomic E-state index is -0.181. The summed E-state index contributed by atoms with van der Waals surface area (Å²) in [5, 5.41) is 0. The highest BCUT2D eigenvalue weighted by atomic mass is 19.1. The average molecular weight is 427 g/mol. The Morgan fingerprint density at radius 3 is 2.38 bits per heavy atom. The van der Waals surface area contributed by atoms with Gasteiger partial charge in [0.1, 0.15) is 5.82 Å². The van der Waals surface area contributed by atoms with Gasteiger partial charge in [-0.05, 0) is 78.1 Å². The molecule has 1 aromatic heterocycles. The van der Waals surface area contributed by atoms with E-state index in [-0.39, 0.29) is 5.82 Å². The zero-order valence-corrected chi connectivity index (χ0v) is 18.7. The second kappa shape index (κ2) is 9.79. The van der Waals surface area contributed by atoms with Gasteiger partial charge < -0.3 is 0 Å². The fourth-order valence-corrected chi connectivity index (χ4v) is 5.04. The molecule has 0 N–H and O–H groups in total. The fraction of sp³-hybridized carbons (Fsp3) is 0.345. The predicted octanol–water partition coefficient (Wildman–Crippen LogP) is 6.84. The first-order chi connectivity index (χ1) is 15.8. The van der Waals surface area contributed by atoms with Crippen molar-refractivity contribution in [2.24, 2.45) is 0 Å². The van der Waals surface area contributed by atoms with Crippen LogP contribution in [0.15, 0.2) is 66.7 Å². The molecule has 32 heavy (non-hydrogen) atoms. The summed E-state index contributed by atoms with van der Waals surface area (Å²) in [6, 6.07) is 20.0. The van der Waals surface area contributed by atoms with Gasteiger partial charge in [-0.15, -0.1) is 0 Å². The number of benzene rings is 2. The van der Waals surface area contributed by atoms with Crippen LogP contribution in [0.1, 0.15) is 54.6 Å². The number of aryl methyl sites for hydroxylation is 1. The van der Waals surface area contributed by atoms with Gasteiger partial charge in [0.2, 0.25) is 0 Å². The molecule has 3 heteroatoms. The highest BCUT2D eigenvalue weighted by Crippen LogP contribution is 2.33. The Morgan fingerprint density at radius 1 is 0.844 bits per heavy atom. The molecule has 0 unspecified atom stereocenters. The molecule has 164 valence electrons. The molecule has 2 nitrogen and oxygen atoms in total. The van der Waals surface area contributed by atoms with E-state index in [2.05, 4.69) is 47.4 Å². The third kappa shape index (κ3) is 4.83. The van der Waals surface area contributed by atoms with Gasteiger partial charge in [0.15, 0.2) is 0 Å². The summed E-state index contributed by atoms with van der Waals surface area (Å²) < 4.78 is 13.6. The summed E-state index contributed by atoms with van der Waals surface area (Å²) >= 11 is 0. The topological polar surface area (TPSA) is 16.1 Å². The lowest BCUT2D eigenvalue weighted by molar-refractivity contribution is 0.294. The summed E-state index contributed by atoms with van der Waals surface area (Å²) in [6.07, 6.45) is 10.5. The van der Waals surface area contributed by atoms with Crippen LogP contribution in [0.2, 0.25) is 0 Å². The molecule has 0 radical (unpaired) electrons. The van der Waals surface area contributed by atoms with Crippen LogP contribution in [0.5, 0.6) is 0 Å². The Balaban J connectivity index is 1.45. The third-order valence-electron chi connectivity index (χ3n) is 6.83. The van der Waals surface area contributed by atoms with Crippen LogP contribution in [0, 0.1) is 5.82 Å². The van der Waals surface area contributed by atoms with Gasteiger partial charge >= 0.3 is 0 Å². The highest BCUT2D eigenvalue weighted by Gasteiger charge is 2.20. The van der Waals surface area contributed by atoms with Crippen molar-refractivity contribution in [1.29, 1.82) is 0 Å². The number of pyridine rings is 1. The number of hydrogen-bond acceptors (Lipinski definition) is 2. The van der Waals surface area contributed by atoms with Gasteiger partial charge in [-0.3, -0.25) is 9.88 Å². The van der Waals surface area contributed by atoms with Crippen LogP contribution in [0.25, 0.3) is 16.7 Å². The second-order valence-electron chi connectivity index (χ2n) is 9.10. The van der Waals surface area contributed by atoms with Crippen molar-refractivity contribution in [2.75, 3.05) is 13.1 Å². The molecule has 2 aliphatic rings. The van der Waals surface area contributed by atoms with Gasteiger partial charge in [0, 0.05) is 25.3 Å². The summed E-state index contributed by atoms with van der Waals surface area (Å²) in [4.78, 5) is 7.68. The van der Waals surface area contributed by atoms with E-state index in [9.17, 15) is 4.39 Å². The van der Waals surface area contributed by atoms with E-state index in [0.29, 0.717) is 0 Å². The Bertz CT molecular complexity index is 1090. The van der Waals surface area contributed by atoms with Crippen LogP contribution in [0.4, 0.5) is 4.39 Å². The molecule has 0 saturated carbocycles. The minimum absolute atomic E-state index is 0.181. The summed E-state index contributed by atoms with van der Waals surface area (Å²) in [7, 11) is 0. The van der Waals surface area contributed by atoms with Gasteiger partial charge in [-0.2, -0.15) is 0 Å². The third-order valence-corrected chi connectivity index (χ3v) is 6.83. The highest BCUT2D eigenvalue weighted by molar-refractivity contribution is 5.74. The van der Waals surface area contributed by atoms with Crippen molar-refractivity contribution in [3.05, 3.63) is 95.1 Å². The molecule has 0 bridgehead atoms. The maximum Gasteiger partial charge on any atom is 0.123 e. The molecular weight excluding hydrogens is 395 g/mol. The Kier molecular flexibility index (Phi) is 6.45. The van der Waals surface area contributed by atoms with Crippen molar-refractivity contribution < 1.29 is 4.39 Å². The zero-order valence-electron chi connectivity index (χ0n) is 18.7. The fourth-order valence-electron chi connectivity index (χ4n) is 5.04. The summed E-state index contributed by atoms with van der Waals surface area (Å²) in [5.74, 6) is -0.181. The van der Waals surface area contributed by atoms with Crippen LogP contribution >= 0.6 is 0 Å². The molecule has 1 aliphatic heterocycles. The molecule has 0 spiro atoms. The molecule has 0 saturated heterocycles. The molecule has 2 heterocycles. The number of halogens is 1. The largest absolute Gasteiger partial charge is 0.295 e. The van der Waals surface area contributed by atoms with Crippen LogP contribution < -0.4 is 0 Å². The van der Waals surface area contributed by atoms with E-state index in [1.165, 1.54) is 53.6 Å². The molecule has 0 amide bonds. The van der Waals surface area contributed by atoms with Crippen molar-refractivity contribution in [1.82, 2.24) is 9.88 Å². The van der Waals surface area contributed by atoms with Crippen molar-refractivity contribution in [3.63, 3.8) is 0 Å². The molecular formula is C29H31FN2. The van der Waals surface area contributed by atoms with Crippen LogP contribution in [0.3, 0.4) is 0 Å². The molecule has 3 aromatic rings. The number of rotatable bonds is 4. The monoisotopic (exact) mass is 426 g/mol. The van der Waals surface area contributed by atoms with Gasteiger partial charge in [0.05, 0.1) is 5.69 Å². The standard InChI is InChI=1S/C29H31FN2/c30-25-14-12-23(13-15-25)27-20-29(31-28-11-7-2-1-6-10-26(27)28)24-16-18-32(19-17-24)21-22-8-4-3-5-9-22/h3-5,8-9,12-16,20H,1-2,6-7,10-11,17-19,21H2. The van der Waals surface area contributed by atoms with E-state index in [0.717, 1.165) is 50.2 Å². The lowest BCUT2D eigenvalue weighted by Gasteiger charge is -2.27. The van der Waals surface area contributed by atoms with Crippen molar-refractivity contribution in [3.8, 4) is 11.1 Å². The number of nitrogens with zero attached hydrogens (tertiary/aromatic N) is 2. The first-order valence-electron chi connectivity index (χ1n) is 12.0. The molecule has 0 atom stereocenters. The first kappa shape index (κ1) is 21.1. The predicted molar refractivity (Wildman–Crippen MR) is 130 cm³/mol. The number of aromatic nitrogens is 1. The Labute approximate surface area is 190 Å². The van der Waals surface area contributed by atoms with E-state index in [1.807, 2.05) is 12.1 Å². The lowest BCUT2D eigenvalue weighted by Crippen LogP contribution is -2.28. The smallest absolute Gasteiger partial charge is 0.123 e. The SMILES string of the molecule is Fc1ccc(-c2cc(C3=CCN(Cc4ccccc4)CC3)nc3c2CCCCCC3)cc1. The van der Waals surface area contributed by atoms with E-state index in [1.54, 1.807) is 12.1 Å². The molecule has 0 fully saturated rings. The quantitative estimate of drug-likeness (QED) is 0.454. The number of fused-ring (bicyclic) bond motifs is 1. The number of hydrogen-bond donors (Lipinski definition) is 0. The zero-order chi connectivity index (χ0) is 21.8. The molecule has 1 aliphatic carbocycles. The van der Waals surface area contributed by atoms with Crippen molar-refractivity contribution >= 4 is 5.57 Å². The van der Waals surface area contributed by atoms with Gasteiger partial charge in [-0.1, -0.05) is 61.4 Å². The van der Waals surface area contributed by atoms with E-state index < -0.39 is 0 Å². The molecule has 5 rings (SSSR count). The Morgan fingerprint density at radius 2 is 1.62 bits per heavy atom.